The monoisotopic (exact) mass is 268 g/mol. The molecule has 0 aromatic rings. The van der Waals surface area contributed by atoms with Gasteiger partial charge in [-0.1, -0.05) is 0 Å². The first-order valence-corrected chi connectivity index (χ1v) is 10.9. The van der Waals surface area contributed by atoms with Crippen molar-refractivity contribution in [3.63, 3.8) is 0 Å². The summed E-state index contributed by atoms with van der Waals surface area (Å²) in [5.74, 6) is 0. The molecule has 0 N–H and O–H groups in total. The lowest BCUT2D eigenvalue weighted by atomic mass is 10.5. The van der Waals surface area contributed by atoms with Crippen LogP contribution < -0.4 is 0 Å². The molecule has 0 aliphatic carbocycles. The fourth-order valence-electron chi connectivity index (χ4n) is 1.49. The van der Waals surface area contributed by atoms with E-state index in [1.165, 1.54) is 0 Å². The second kappa shape index (κ2) is 6.92. The third kappa shape index (κ3) is 7.58. The van der Waals surface area contributed by atoms with Crippen LogP contribution in [-0.4, -0.2) is 33.8 Å². The van der Waals surface area contributed by atoms with Crippen LogP contribution in [0.25, 0.3) is 0 Å². The van der Waals surface area contributed by atoms with Crippen molar-refractivity contribution in [1.82, 2.24) is 0 Å². The summed E-state index contributed by atoms with van der Waals surface area (Å²) in [5.41, 5.74) is 0. The highest BCUT2D eigenvalue weighted by molar-refractivity contribution is 7.53. The van der Waals surface area contributed by atoms with Crippen LogP contribution in [0.15, 0.2) is 0 Å². The SMILES string of the molecule is CCOP(=O)(CC(C)O[Si](C)(C)C)OCC. The first-order chi connectivity index (χ1) is 7.22. The zero-order valence-electron chi connectivity index (χ0n) is 11.3. The second-order valence-electron chi connectivity index (χ2n) is 4.67. The normalized spacial score (nSPS) is 15.1. The summed E-state index contributed by atoms with van der Waals surface area (Å²) in [6.07, 6.45) is 0.245. The molecule has 0 amide bonds. The van der Waals surface area contributed by atoms with Gasteiger partial charge in [0.1, 0.15) is 0 Å². The topological polar surface area (TPSA) is 44.8 Å². The molecule has 0 aromatic heterocycles. The van der Waals surface area contributed by atoms with Crippen LogP contribution in [0.2, 0.25) is 19.6 Å². The van der Waals surface area contributed by atoms with Gasteiger partial charge in [0, 0.05) is 0 Å². The summed E-state index contributed by atoms with van der Waals surface area (Å²) < 4.78 is 28.5. The molecule has 0 bridgehead atoms. The molecule has 1 atom stereocenters. The van der Waals surface area contributed by atoms with Gasteiger partial charge < -0.3 is 13.5 Å². The standard InChI is InChI=1S/C10H25O4PSi/c1-7-12-15(11,13-8-2)9-10(3)14-16(4,5)6/h10H,7-9H2,1-6H3. The smallest absolute Gasteiger partial charge is 0.333 e. The molecule has 4 nitrogen and oxygen atoms in total. The van der Waals surface area contributed by atoms with Crippen molar-refractivity contribution in [2.75, 3.05) is 19.4 Å². The van der Waals surface area contributed by atoms with Crippen LogP contribution in [0, 0.1) is 0 Å². The molecule has 0 saturated heterocycles. The van der Waals surface area contributed by atoms with E-state index >= 15 is 0 Å². The van der Waals surface area contributed by atoms with Crippen molar-refractivity contribution in [2.45, 2.75) is 46.5 Å². The van der Waals surface area contributed by atoms with E-state index in [-0.39, 0.29) is 6.10 Å². The lowest BCUT2D eigenvalue weighted by Crippen LogP contribution is -2.32. The van der Waals surface area contributed by atoms with E-state index in [0.29, 0.717) is 19.4 Å². The second-order valence-corrected chi connectivity index (χ2v) is 11.2. The molecule has 0 heterocycles. The maximum Gasteiger partial charge on any atom is 0.333 e. The molecule has 0 aromatic carbocycles. The fourth-order valence-corrected chi connectivity index (χ4v) is 4.70. The van der Waals surface area contributed by atoms with E-state index < -0.39 is 15.9 Å². The maximum absolute atomic E-state index is 12.2. The summed E-state index contributed by atoms with van der Waals surface area (Å²) in [6.45, 7) is 12.7. The molecule has 0 aliphatic heterocycles. The maximum atomic E-state index is 12.2. The summed E-state index contributed by atoms with van der Waals surface area (Å²) >= 11 is 0. The Morgan fingerprint density at radius 2 is 1.56 bits per heavy atom. The molecule has 0 aliphatic rings. The van der Waals surface area contributed by atoms with Crippen LogP contribution in [0.1, 0.15) is 20.8 Å². The van der Waals surface area contributed by atoms with Gasteiger partial charge in [0.2, 0.25) is 0 Å². The average Bonchev–Trinajstić information content (AvgIpc) is 1.99. The van der Waals surface area contributed by atoms with Gasteiger partial charge in [-0.15, -0.1) is 0 Å². The minimum atomic E-state index is -2.96. The molecule has 1 unspecified atom stereocenters. The molecule has 0 fully saturated rings. The Labute approximate surface area is 100 Å². The molecule has 0 rings (SSSR count). The molecule has 98 valence electrons. The molecule has 0 saturated carbocycles. The Hall–Kier alpha value is 0.327. The van der Waals surface area contributed by atoms with Gasteiger partial charge in [0.05, 0.1) is 25.5 Å². The fraction of sp³-hybridized carbons (Fsp3) is 1.00. The first kappa shape index (κ1) is 16.3. The highest BCUT2D eigenvalue weighted by Crippen LogP contribution is 2.48. The van der Waals surface area contributed by atoms with Crippen molar-refractivity contribution in [3.05, 3.63) is 0 Å². The Balaban J connectivity index is 4.34. The lowest BCUT2D eigenvalue weighted by Gasteiger charge is -2.26. The van der Waals surface area contributed by atoms with Gasteiger partial charge in [-0.2, -0.15) is 0 Å². The third-order valence-electron chi connectivity index (χ3n) is 1.69. The van der Waals surface area contributed by atoms with Crippen molar-refractivity contribution in [2.24, 2.45) is 0 Å². The van der Waals surface area contributed by atoms with Gasteiger partial charge in [0.25, 0.3) is 0 Å². The van der Waals surface area contributed by atoms with E-state index in [1.54, 1.807) is 0 Å². The van der Waals surface area contributed by atoms with Crippen molar-refractivity contribution >= 4 is 15.9 Å². The Morgan fingerprint density at radius 1 is 1.12 bits per heavy atom. The van der Waals surface area contributed by atoms with Crippen LogP contribution in [0.4, 0.5) is 0 Å². The first-order valence-electron chi connectivity index (χ1n) is 5.78. The average molecular weight is 268 g/mol. The summed E-state index contributed by atoms with van der Waals surface area (Å²) in [6, 6.07) is 0. The molecular formula is C10H25O4PSi. The molecule has 0 radical (unpaired) electrons. The molecule has 16 heavy (non-hydrogen) atoms. The zero-order valence-corrected chi connectivity index (χ0v) is 13.2. The largest absolute Gasteiger partial charge is 0.414 e. The van der Waals surface area contributed by atoms with E-state index in [1.807, 2.05) is 20.8 Å². The van der Waals surface area contributed by atoms with Gasteiger partial charge in [0.15, 0.2) is 8.32 Å². The quantitative estimate of drug-likeness (QED) is 0.499. The van der Waals surface area contributed by atoms with E-state index in [4.69, 9.17) is 13.5 Å². The van der Waals surface area contributed by atoms with Gasteiger partial charge in [-0.25, -0.2) is 0 Å². The number of hydrogen-bond donors (Lipinski definition) is 0. The summed E-state index contributed by atoms with van der Waals surface area (Å²) in [7, 11) is -4.56. The minimum Gasteiger partial charge on any atom is -0.414 e. The number of rotatable bonds is 8. The van der Waals surface area contributed by atoms with Crippen molar-refractivity contribution in [3.8, 4) is 0 Å². The minimum absolute atomic E-state index is 0.0874. The molecule has 6 heteroatoms. The van der Waals surface area contributed by atoms with Crippen LogP contribution in [-0.2, 0) is 18.0 Å². The predicted molar refractivity (Wildman–Crippen MR) is 69.6 cm³/mol. The highest BCUT2D eigenvalue weighted by Gasteiger charge is 2.29. The van der Waals surface area contributed by atoms with Gasteiger partial charge in [-0.3, -0.25) is 4.57 Å². The van der Waals surface area contributed by atoms with E-state index in [9.17, 15) is 4.57 Å². The Bertz CT molecular complexity index is 229. The third-order valence-corrected chi connectivity index (χ3v) is 5.06. The summed E-state index contributed by atoms with van der Waals surface area (Å²) in [5, 5.41) is 0. The van der Waals surface area contributed by atoms with Crippen molar-refractivity contribution < 1.29 is 18.0 Å². The lowest BCUT2D eigenvalue weighted by molar-refractivity contribution is 0.190. The van der Waals surface area contributed by atoms with Crippen LogP contribution in [0.5, 0.6) is 0 Å². The van der Waals surface area contributed by atoms with Crippen LogP contribution >= 0.6 is 7.60 Å². The van der Waals surface area contributed by atoms with Gasteiger partial charge in [-0.05, 0) is 40.4 Å². The highest BCUT2D eigenvalue weighted by atomic mass is 31.2. The van der Waals surface area contributed by atoms with E-state index in [2.05, 4.69) is 19.6 Å². The van der Waals surface area contributed by atoms with Crippen LogP contribution in [0.3, 0.4) is 0 Å². The zero-order chi connectivity index (χ0) is 12.8. The van der Waals surface area contributed by atoms with E-state index in [0.717, 1.165) is 0 Å². The summed E-state index contributed by atoms with van der Waals surface area (Å²) in [4.78, 5) is 0. The Morgan fingerprint density at radius 3 is 1.88 bits per heavy atom. The predicted octanol–water partition coefficient (Wildman–Crippen LogP) is 3.49. The number of hydrogen-bond acceptors (Lipinski definition) is 4. The van der Waals surface area contributed by atoms with Gasteiger partial charge >= 0.3 is 7.60 Å². The molecular weight excluding hydrogens is 243 g/mol. The molecule has 0 spiro atoms. The Kier molecular flexibility index (Phi) is 7.06. The van der Waals surface area contributed by atoms with Crippen molar-refractivity contribution in [1.29, 1.82) is 0 Å².